The summed E-state index contributed by atoms with van der Waals surface area (Å²) in [6, 6.07) is 20.1. The molecule has 14 heteroatoms. The third-order valence-corrected chi connectivity index (χ3v) is 11.1. The van der Waals surface area contributed by atoms with Crippen molar-refractivity contribution in [3.05, 3.63) is 95.2 Å². The Labute approximate surface area is 341 Å². The van der Waals surface area contributed by atoms with Crippen LogP contribution in [0.3, 0.4) is 0 Å². The molecule has 306 valence electrons. The molecule has 1 fully saturated rings. The van der Waals surface area contributed by atoms with Gasteiger partial charge in [0.1, 0.15) is 5.75 Å². The molecule has 1 saturated heterocycles. The number of fused-ring (bicyclic) bond motifs is 1. The number of rotatable bonds is 13. The molecule has 58 heavy (non-hydrogen) atoms. The maximum absolute atomic E-state index is 13.8. The van der Waals surface area contributed by atoms with Gasteiger partial charge < -0.3 is 30.3 Å². The van der Waals surface area contributed by atoms with Crippen LogP contribution in [0.15, 0.2) is 72.9 Å². The van der Waals surface area contributed by atoms with Crippen LogP contribution >= 0.6 is 0 Å². The van der Waals surface area contributed by atoms with Crippen LogP contribution < -0.4 is 30.1 Å². The fraction of sp³-hybridized carbons (Fsp3) is 0.364. The lowest BCUT2D eigenvalue weighted by atomic mass is 9.86. The third-order valence-electron chi connectivity index (χ3n) is 10.5. The van der Waals surface area contributed by atoms with Crippen LogP contribution in [0.5, 0.6) is 11.5 Å². The standard InChI is InChI=1S/C44H53N7O6S/c1-27-9-10-30(41(52)48-37-23-32(44(2,3)4)24-38(40(37)57-7)50-58(8,54)55)22-35(27)29-11-14-36-31(21-29)26-46-43(49-36)47-33-12-13-34(39(25-33)56-6)42(53)45-18-15-28-16-19-51(5)20-17-28/h9-14,21-26,28,50H,15-20H2,1-8H3,(H,45,53)(H,48,52)(H,46,47,49). The van der Waals surface area contributed by atoms with Crippen molar-refractivity contribution in [2.45, 2.75) is 52.4 Å². The Bertz CT molecular complexity index is 2440. The number of hydrogen-bond acceptors (Lipinski definition) is 10. The number of piperidine rings is 1. The average Bonchev–Trinajstić information content (AvgIpc) is 3.17. The highest BCUT2D eigenvalue weighted by Gasteiger charge is 2.23. The van der Waals surface area contributed by atoms with Gasteiger partial charge in [0.15, 0.2) is 5.75 Å². The van der Waals surface area contributed by atoms with E-state index in [1.54, 1.807) is 49.7 Å². The zero-order valence-electron chi connectivity index (χ0n) is 34.4. The number of benzene rings is 4. The Hall–Kier alpha value is -5.73. The van der Waals surface area contributed by atoms with Crippen LogP contribution in [0.1, 0.15) is 71.9 Å². The largest absolute Gasteiger partial charge is 0.496 e. The van der Waals surface area contributed by atoms with E-state index in [9.17, 15) is 18.0 Å². The minimum atomic E-state index is -3.63. The first-order chi connectivity index (χ1) is 27.5. The number of sulfonamides is 1. The van der Waals surface area contributed by atoms with E-state index in [0.29, 0.717) is 52.2 Å². The molecule has 2 amide bonds. The zero-order valence-corrected chi connectivity index (χ0v) is 35.3. The molecule has 0 aliphatic carbocycles. The second-order valence-corrected chi connectivity index (χ2v) is 17.8. The first kappa shape index (κ1) is 41.9. The van der Waals surface area contributed by atoms with Gasteiger partial charge in [-0.25, -0.2) is 18.4 Å². The third kappa shape index (κ3) is 10.2. The molecule has 13 nitrogen and oxygen atoms in total. The lowest BCUT2D eigenvalue weighted by Gasteiger charge is -2.28. The quantitative estimate of drug-likeness (QED) is 0.0925. The Morgan fingerprint density at radius 3 is 2.34 bits per heavy atom. The summed E-state index contributed by atoms with van der Waals surface area (Å²) in [6.45, 7) is 10.8. The van der Waals surface area contributed by atoms with E-state index in [1.807, 2.05) is 58.0 Å². The molecular formula is C44H53N7O6S. The smallest absolute Gasteiger partial charge is 0.255 e. The molecule has 0 spiro atoms. The molecule has 1 aromatic heterocycles. The number of ether oxygens (including phenoxy) is 2. The fourth-order valence-electron chi connectivity index (χ4n) is 7.10. The highest BCUT2D eigenvalue weighted by molar-refractivity contribution is 7.92. The molecule has 4 aromatic carbocycles. The predicted octanol–water partition coefficient (Wildman–Crippen LogP) is 7.75. The summed E-state index contributed by atoms with van der Waals surface area (Å²) in [7, 11) is 1.49. The van der Waals surface area contributed by atoms with Crippen LogP contribution in [0.4, 0.5) is 23.0 Å². The van der Waals surface area contributed by atoms with Gasteiger partial charge >= 0.3 is 0 Å². The Balaban J connectivity index is 1.17. The molecule has 1 aliphatic heterocycles. The molecule has 0 saturated carbocycles. The van der Waals surface area contributed by atoms with Gasteiger partial charge in [0.2, 0.25) is 16.0 Å². The first-order valence-electron chi connectivity index (χ1n) is 19.3. The van der Waals surface area contributed by atoms with E-state index < -0.39 is 10.0 Å². The summed E-state index contributed by atoms with van der Waals surface area (Å²) in [5, 5.41) is 10.0. The fourth-order valence-corrected chi connectivity index (χ4v) is 7.65. The van der Waals surface area contributed by atoms with Crippen molar-refractivity contribution in [3.8, 4) is 22.6 Å². The molecule has 4 N–H and O–H groups in total. The van der Waals surface area contributed by atoms with Crippen LogP contribution in [-0.4, -0.2) is 82.3 Å². The van der Waals surface area contributed by atoms with Crippen LogP contribution in [0.2, 0.25) is 0 Å². The molecule has 0 bridgehead atoms. The topological polar surface area (TPSA) is 164 Å². The molecule has 0 unspecified atom stereocenters. The molecule has 6 rings (SSSR count). The summed E-state index contributed by atoms with van der Waals surface area (Å²) in [5.74, 6) is 1.11. The van der Waals surface area contributed by atoms with Gasteiger partial charge in [-0.05, 0) is 128 Å². The number of amides is 2. The van der Waals surface area contributed by atoms with Crippen LogP contribution in [-0.2, 0) is 15.4 Å². The van der Waals surface area contributed by atoms with Crippen molar-refractivity contribution in [1.29, 1.82) is 0 Å². The number of aromatic nitrogens is 2. The first-order valence-corrected chi connectivity index (χ1v) is 21.2. The molecule has 0 radical (unpaired) electrons. The summed E-state index contributed by atoms with van der Waals surface area (Å²) >= 11 is 0. The van der Waals surface area contributed by atoms with E-state index in [4.69, 9.17) is 14.5 Å². The van der Waals surface area contributed by atoms with Crippen molar-refractivity contribution in [2.75, 3.05) is 62.5 Å². The number of aryl methyl sites for hydroxylation is 1. The van der Waals surface area contributed by atoms with Gasteiger partial charge in [0, 0.05) is 35.4 Å². The number of carbonyl (C=O) groups is 2. The van der Waals surface area contributed by atoms with E-state index >= 15 is 0 Å². The Morgan fingerprint density at radius 1 is 0.914 bits per heavy atom. The number of nitrogens with zero attached hydrogens (tertiary/aromatic N) is 3. The Kier molecular flexibility index (Phi) is 12.6. The van der Waals surface area contributed by atoms with E-state index in [-0.39, 0.29) is 28.7 Å². The summed E-state index contributed by atoms with van der Waals surface area (Å²) in [5.41, 5.74) is 5.98. The highest BCUT2D eigenvalue weighted by atomic mass is 32.2. The van der Waals surface area contributed by atoms with Crippen LogP contribution in [0, 0.1) is 12.8 Å². The predicted molar refractivity (Wildman–Crippen MR) is 231 cm³/mol. The average molecular weight is 808 g/mol. The van der Waals surface area contributed by atoms with Crippen molar-refractivity contribution in [1.82, 2.24) is 20.2 Å². The van der Waals surface area contributed by atoms with E-state index in [2.05, 4.69) is 37.6 Å². The minimum absolute atomic E-state index is 0.167. The molecular weight excluding hydrogens is 755 g/mol. The lowest BCUT2D eigenvalue weighted by molar-refractivity contribution is 0.0945. The van der Waals surface area contributed by atoms with Gasteiger partial charge in [-0.15, -0.1) is 0 Å². The maximum Gasteiger partial charge on any atom is 0.255 e. The molecule has 0 atom stereocenters. The monoisotopic (exact) mass is 807 g/mol. The number of hydrogen-bond donors (Lipinski definition) is 4. The second-order valence-electron chi connectivity index (χ2n) is 16.0. The maximum atomic E-state index is 13.8. The number of methoxy groups -OCH3 is 2. The SMILES string of the molecule is COc1cc(Nc2ncc3cc(-c4cc(C(=O)Nc5cc(C(C)(C)C)cc(NS(C)(=O)=O)c5OC)ccc4C)ccc3n2)ccc1C(=O)NCCC1CCN(C)CC1. The number of nitrogens with one attached hydrogen (secondary N) is 4. The normalized spacial score (nSPS) is 13.9. The lowest BCUT2D eigenvalue weighted by Crippen LogP contribution is -2.32. The highest BCUT2D eigenvalue weighted by Crippen LogP contribution is 2.39. The van der Waals surface area contributed by atoms with Crippen molar-refractivity contribution < 1.29 is 27.5 Å². The number of likely N-dealkylation sites (tertiary alicyclic amines) is 1. The van der Waals surface area contributed by atoms with Crippen molar-refractivity contribution in [2.24, 2.45) is 5.92 Å². The van der Waals surface area contributed by atoms with Crippen molar-refractivity contribution >= 4 is 55.8 Å². The van der Waals surface area contributed by atoms with Gasteiger partial charge in [0.05, 0.1) is 42.9 Å². The van der Waals surface area contributed by atoms with E-state index in [0.717, 1.165) is 66.2 Å². The molecule has 1 aliphatic rings. The van der Waals surface area contributed by atoms with Gasteiger partial charge in [0.25, 0.3) is 11.8 Å². The summed E-state index contributed by atoms with van der Waals surface area (Å²) < 4.78 is 38.1. The minimum Gasteiger partial charge on any atom is -0.496 e. The summed E-state index contributed by atoms with van der Waals surface area (Å²) in [6.07, 6.45) is 6.08. The Morgan fingerprint density at radius 2 is 1.66 bits per heavy atom. The van der Waals surface area contributed by atoms with Gasteiger partial charge in [-0.2, -0.15) is 0 Å². The second kappa shape index (κ2) is 17.4. The zero-order chi connectivity index (χ0) is 41.8. The van der Waals surface area contributed by atoms with E-state index in [1.165, 1.54) is 7.11 Å². The van der Waals surface area contributed by atoms with Crippen LogP contribution in [0.25, 0.3) is 22.0 Å². The molecule has 2 heterocycles. The van der Waals surface area contributed by atoms with Gasteiger partial charge in [-0.3, -0.25) is 14.3 Å². The van der Waals surface area contributed by atoms with Crippen molar-refractivity contribution in [3.63, 3.8) is 0 Å². The number of anilines is 4. The van der Waals surface area contributed by atoms with Gasteiger partial charge in [-0.1, -0.05) is 32.9 Å². The summed E-state index contributed by atoms with van der Waals surface area (Å²) in [4.78, 5) is 38.4. The molecule has 5 aromatic rings. The number of carbonyl (C=O) groups excluding carboxylic acids is 2.